The largest absolute Gasteiger partial charge is 0.383 e. The molecule has 0 aliphatic heterocycles. The van der Waals surface area contributed by atoms with E-state index in [1.807, 2.05) is 18.7 Å². The quantitative estimate of drug-likeness (QED) is 0.590. The maximum Gasteiger partial charge on any atom is 0.0738 e. The number of methoxy groups -OCH3 is 1. The van der Waals surface area contributed by atoms with Crippen molar-refractivity contribution in [2.24, 2.45) is 7.05 Å². The van der Waals surface area contributed by atoms with Crippen LogP contribution in [0.25, 0.3) is 0 Å². The van der Waals surface area contributed by atoms with E-state index in [1.54, 1.807) is 7.11 Å². The van der Waals surface area contributed by atoms with Crippen molar-refractivity contribution in [3.63, 3.8) is 0 Å². The molecule has 1 rings (SSSR count). The Hall–Kier alpha value is -0.650. The highest BCUT2D eigenvalue weighted by Crippen LogP contribution is 2.20. The average Bonchev–Trinajstić information content (AvgIpc) is 2.58. The Labute approximate surface area is 118 Å². The van der Waals surface area contributed by atoms with Crippen LogP contribution in [0.4, 0.5) is 0 Å². The average molecular weight is 316 g/mol. The van der Waals surface area contributed by atoms with Crippen molar-refractivity contribution in [1.29, 1.82) is 0 Å². The molecule has 0 aliphatic rings. The molecule has 1 heterocycles. The van der Waals surface area contributed by atoms with Gasteiger partial charge in [0.1, 0.15) is 0 Å². The summed E-state index contributed by atoms with van der Waals surface area (Å²) < 4.78 is 8.01. The van der Waals surface area contributed by atoms with Crippen LogP contribution in [0.2, 0.25) is 0 Å². The molecule has 1 aromatic heterocycles. The molecule has 4 nitrogen and oxygen atoms in total. The third-order valence-electron chi connectivity index (χ3n) is 2.71. The summed E-state index contributed by atoms with van der Waals surface area (Å²) in [6.45, 7) is 4.68. The molecule has 0 aromatic carbocycles. The number of nitrogens with zero attached hydrogens (tertiary/aromatic N) is 2. The highest BCUT2D eigenvalue weighted by Gasteiger charge is 2.07. The van der Waals surface area contributed by atoms with Crippen molar-refractivity contribution in [1.82, 2.24) is 15.1 Å². The van der Waals surface area contributed by atoms with E-state index in [0.717, 1.165) is 42.7 Å². The second kappa shape index (κ2) is 8.45. The van der Waals surface area contributed by atoms with Crippen LogP contribution in [-0.2, 0) is 18.2 Å². The number of rotatable bonds is 8. The number of hydrogen-bond donors (Lipinski definition) is 1. The van der Waals surface area contributed by atoms with E-state index in [1.165, 1.54) is 5.69 Å². The SMILES string of the molecule is COCCNCCC=CCc1c(Br)c(C)nn1C. The summed E-state index contributed by atoms with van der Waals surface area (Å²) in [5.41, 5.74) is 2.26. The Morgan fingerprint density at radius 2 is 2.17 bits per heavy atom. The van der Waals surface area contributed by atoms with Crippen molar-refractivity contribution in [2.75, 3.05) is 26.8 Å². The summed E-state index contributed by atoms with van der Waals surface area (Å²) >= 11 is 3.57. The molecule has 0 saturated carbocycles. The smallest absolute Gasteiger partial charge is 0.0738 e. The van der Waals surface area contributed by atoms with Gasteiger partial charge in [-0.15, -0.1) is 0 Å². The molecule has 0 spiro atoms. The van der Waals surface area contributed by atoms with E-state index in [0.29, 0.717) is 0 Å². The summed E-state index contributed by atoms with van der Waals surface area (Å²) in [5.74, 6) is 0. The fourth-order valence-corrected chi connectivity index (χ4v) is 2.20. The Morgan fingerprint density at radius 1 is 1.39 bits per heavy atom. The van der Waals surface area contributed by atoms with Gasteiger partial charge < -0.3 is 10.1 Å². The van der Waals surface area contributed by atoms with Crippen LogP contribution in [-0.4, -0.2) is 36.6 Å². The molecule has 18 heavy (non-hydrogen) atoms. The van der Waals surface area contributed by atoms with E-state index in [9.17, 15) is 0 Å². The lowest BCUT2D eigenvalue weighted by Gasteiger charge is -2.01. The lowest BCUT2D eigenvalue weighted by molar-refractivity contribution is 0.199. The summed E-state index contributed by atoms with van der Waals surface area (Å²) in [6.07, 6.45) is 6.35. The summed E-state index contributed by atoms with van der Waals surface area (Å²) in [4.78, 5) is 0. The van der Waals surface area contributed by atoms with Crippen LogP contribution < -0.4 is 5.32 Å². The molecular formula is C13H22BrN3O. The first kappa shape index (κ1) is 15.4. The van der Waals surface area contributed by atoms with Gasteiger partial charge in [0.2, 0.25) is 0 Å². The molecule has 0 amide bonds. The molecule has 1 N–H and O–H groups in total. The number of halogens is 1. The number of allylic oxidation sites excluding steroid dienone is 1. The van der Waals surface area contributed by atoms with Gasteiger partial charge in [-0.2, -0.15) is 5.10 Å². The van der Waals surface area contributed by atoms with Crippen LogP contribution in [0.1, 0.15) is 17.8 Å². The minimum absolute atomic E-state index is 0.769. The van der Waals surface area contributed by atoms with Gasteiger partial charge >= 0.3 is 0 Å². The second-order valence-electron chi connectivity index (χ2n) is 4.18. The Morgan fingerprint density at radius 3 is 2.78 bits per heavy atom. The monoisotopic (exact) mass is 315 g/mol. The van der Waals surface area contributed by atoms with Crippen molar-refractivity contribution in [3.05, 3.63) is 28.0 Å². The van der Waals surface area contributed by atoms with Crippen molar-refractivity contribution < 1.29 is 4.74 Å². The zero-order valence-corrected chi connectivity index (χ0v) is 13.0. The number of ether oxygens (including phenoxy) is 1. The molecule has 0 unspecified atom stereocenters. The van der Waals surface area contributed by atoms with Crippen LogP contribution >= 0.6 is 15.9 Å². The van der Waals surface area contributed by atoms with Crippen molar-refractivity contribution in [3.8, 4) is 0 Å². The van der Waals surface area contributed by atoms with E-state index >= 15 is 0 Å². The van der Waals surface area contributed by atoms with Gasteiger partial charge in [0.15, 0.2) is 0 Å². The van der Waals surface area contributed by atoms with Gasteiger partial charge in [0.05, 0.1) is 22.5 Å². The van der Waals surface area contributed by atoms with E-state index in [4.69, 9.17) is 4.74 Å². The lowest BCUT2D eigenvalue weighted by Crippen LogP contribution is -2.19. The van der Waals surface area contributed by atoms with Crippen LogP contribution in [0.3, 0.4) is 0 Å². The summed E-state index contributed by atoms with van der Waals surface area (Å²) in [6, 6.07) is 0. The zero-order chi connectivity index (χ0) is 13.4. The molecule has 0 atom stereocenters. The highest BCUT2D eigenvalue weighted by atomic mass is 79.9. The third kappa shape index (κ3) is 4.92. The first-order valence-corrected chi connectivity index (χ1v) is 6.98. The molecular weight excluding hydrogens is 294 g/mol. The molecule has 1 aromatic rings. The molecule has 0 aliphatic carbocycles. The van der Waals surface area contributed by atoms with Gasteiger partial charge in [-0.05, 0) is 35.8 Å². The zero-order valence-electron chi connectivity index (χ0n) is 11.4. The van der Waals surface area contributed by atoms with Crippen LogP contribution in [0.15, 0.2) is 16.6 Å². The van der Waals surface area contributed by atoms with Gasteiger partial charge in [-0.25, -0.2) is 0 Å². The Balaban J connectivity index is 2.24. The Bertz CT molecular complexity index is 388. The molecule has 0 radical (unpaired) electrons. The van der Waals surface area contributed by atoms with Gasteiger partial charge in [0, 0.05) is 27.1 Å². The summed E-state index contributed by atoms with van der Waals surface area (Å²) in [5, 5.41) is 7.68. The van der Waals surface area contributed by atoms with E-state index in [-0.39, 0.29) is 0 Å². The predicted octanol–water partition coefficient (Wildman–Crippen LogP) is 2.22. The van der Waals surface area contributed by atoms with E-state index in [2.05, 4.69) is 38.5 Å². The standard InChI is InChI=1S/C13H22BrN3O/c1-11-13(14)12(17(2)16-11)7-5-4-6-8-15-9-10-18-3/h4-5,15H,6-10H2,1-3H3. The van der Waals surface area contributed by atoms with Gasteiger partial charge in [-0.3, -0.25) is 4.68 Å². The van der Waals surface area contributed by atoms with Gasteiger partial charge in [0.25, 0.3) is 0 Å². The van der Waals surface area contributed by atoms with Crippen LogP contribution in [0, 0.1) is 6.92 Å². The first-order chi connectivity index (χ1) is 8.66. The summed E-state index contributed by atoms with van der Waals surface area (Å²) in [7, 11) is 3.70. The predicted molar refractivity (Wildman–Crippen MR) is 77.9 cm³/mol. The first-order valence-electron chi connectivity index (χ1n) is 6.19. The van der Waals surface area contributed by atoms with Crippen molar-refractivity contribution >= 4 is 15.9 Å². The Kier molecular flexibility index (Phi) is 7.23. The lowest BCUT2D eigenvalue weighted by atomic mass is 10.2. The molecule has 0 fully saturated rings. The molecule has 5 heteroatoms. The topological polar surface area (TPSA) is 39.1 Å². The molecule has 0 saturated heterocycles. The minimum atomic E-state index is 0.769. The number of hydrogen-bond acceptors (Lipinski definition) is 3. The number of aromatic nitrogens is 2. The maximum atomic E-state index is 4.96. The minimum Gasteiger partial charge on any atom is -0.383 e. The maximum absolute atomic E-state index is 4.96. The fraction of sp³-hybridized carbons (Fsp3) is 0.615. The molecule has 0 bridgehead atoms. The third-order valence-corrected chi connectivity index (χ3v) is 3.74. The normalized spacial score (nSPS) is 11.6. The fourth-order valence-electron chi connectivity index (χ4n) is 1.70. The van der Waals surface area contributed by atoms with Crippen LogP contribution in [0.5, 0.6) is 0 Å². The van der Waals surface area contributed by atoms with Crippen molar-refractivity contribution in [2.45, 2.75) is 19.8 Å². The molecule has 102 valence electrons. The second-order valence-corrected chi connectivity index (χ2v) is 4.97. The highest BCUT2D eigenvalue weighted by molar-refractivity contribution is 9.10. The van der Waals surface area contributed by atoms with Gasteiger partial charge in [-0.1, -0.05) is 12.2 Å². The number of aryl methyl sites for hydroxylation is 2. The van der Waals surface area contributed by atoms with E-state index < -0.39 is 0 Å². The number of nitrogens with one attached hydrogen (secondary N) is 1.